The highest BCUT2D eigenvalue weighted by Gasteiger charge is 2.36. The summed E-state index contributed by atoms with van der Waals surface area (Å²) in [5.41, 5.74) is 10.6. The third kappa shape index (κ3) is 4.05. The summed E-state index contributed by atoms with van der Waals surface area (Å²) in [6, 6.07) is 42.6. The average molecular weight is 594 g/mol. The van der Waals surface area contributed by atoms with Crippen molar-refractivity contribution in [2.45, 2.75) is 25.4 Å². The first-order chi connectivity index (χ1) is 22.6. The Morgan fingerprint density at radius 2 is 1.22 bits per heavy atom. The molecule has 1 aliphatic heterocycles. The van der Waals surface area contributed by atoms with Gasteiger partial charge in [0.25, 0.3) is 0 Å². The van der Waals surface area contributed by atoms with Gasteiger partial charge in [-0.25, -0.2) is 15.0 Å². The summed E-state index contributed by atoms with van der Waals surface area (Å²) in [5, 5.41) is 6.21. The topological polar surface area (TPSA) is 55.6 Å². The van der Waals surface area contributed by atoms with Gasteiger partial charge in [-0.15, -0.1) is 0 Å². The summed E-state index contributed by atoms with van der Waals surface area (Å²) < 4.78 is 2.42. The van der Waals surface area contributed by atoms with E-state index in [0.29, 0.717) is 17.5 Å². The number of hydrogen-bond acceptors (Lipinski definition) is 4. The van der Waals surface area contributed by atoms with E-state index in [-0.39, 0.29) is 11.6 Å². The van der Waals surface area contributed by atoms with Crippen molar-refractivity contribution < 1.29 is 0 Å². The molecule has 3 heterocycles. The zero-order valence-corrected chi connectivity index (χ0v) is 25.6. The SMILES string of the molecule is CC1(C)c2ccccc2-c2cc3c4ccccc4n(C4C=CC(c5nc(-c6ccccc6)nc(-c6ccccc6)n5)=CN4)c3cc21. The number of allylic oxidation sites excluding steroid dienone is 2. The molecule has 7 aromatic rings. The number of nitrogens with zero attached hydrogens (tertiary/aromatic N) is 4. The number of dihydropyridines is 1. The lowest BCUT2D eigenvalue weighted by atomic mass is 9.82. The molecule has 0 fully saturated rings. The molecule has 0 saturated heterocycles. The molecule has 5 heteroatoms. The molecule has 2 aromatic heterocycles. The van der Waals surface area contributed by atoms with Crippen molar-refractivity contribution in [2.75, 3.05) is 0 Å². The first-order valence-electron chi connectivity index (χ1n) is 15.7. The van der Waals surface area contributed by atoms with Crippen LogP contribution in [0.3, 0.4) is 0 Å². The molecule has 2 aliphatic rings. The van der Waals surface area contributed by atoms with Crippen LogP contribution in [-0.4, -0.2) is 19.5 Å². The molecular formula is C41H31N5. The van der Waals surface area contributed by atoms with Gasteiger partial charge in [0.15, 0.2) is 17.5 Å². The van der Waals surface area contributed by atoms with Crippen molar-refractivity contribution in [3.63, 3.8) is 0 Å². The van der Waals surface area contributed by atoms with Crippen LogP contribution < -0.4 is 5.32 Å². The number of benzene rings is 5. The average Bonchev–Trinajstić information content (AvgIpc) is 3.56. The van der Waals surface area contributed by atoms with Crippen LogP contribution in [0.15, 0.2) is 140 Å². The van der Waals surface area contributed by atoms with Crippen molar-refractivity contribution in [1.82, 2.24) is 24.8 Å². The largest absolute Gasteiger partial charge is 0.367 e. The fraction of sp³-hybridized carbons (Fsp3) is 0.0976. The second-order valence-corrected chi connectivity index (χ2v) is 12.6. The molecule has 0 spiro atoms. The van der Waals surface area contributed by atoms with Crippen LogP contribution in [-0.2, 0) is 5.41 Å². The molecule has 220 valence electrons. The lowest BCUT2D eigenvalue weighted by Gasteiger charge is -2.24. The summed E-state index contributed by atoms with van der Waals surface area (Å²) in [4.78, 5) is 14.7. The molecular weight excluding hydrogens is 562 g/mol. The first kappa shape index (κ1) is 26.6. The fourth-order valence-corrected chi connectivity index (χ4v) is 7.20. The third-order valence-corrected chi connectivity index (χ3v) is 9.52. The Bertz CT molecular complexity index is 2310. The third-order valence-electron chi connectivity index (χ3n) is 9.52. The van der Waals surface area contributed by atoms with Crippen LogP contribution in [0.2, 0.25) is 0 Å². The highest BCUT2D eigenvalue weighted by atomic mass is 15.2. The minimum Gasteiger partial charge on any atom is -0.367 e. The van der Waals surface area contributed by atoms with Gasteiger partial charge in [0.1, 0.15) is 6.17 Å². The predicted molar refractivity (Wildman–Crippen MR) is 187 cm³/mol. The molecule has 5 nitrogen and oxygen atoms in total. The van der Waals surface area contributed by atoms with Crippen molar-refractivity contribution >= 4 is 27.4 Å². The van der Waals surface area contributed by atoms with Crippen molar-refractivity contribution in [2.24, 2.45) is 0 Å². The Morgan fingerprint density at radius 3 is 1.91 bits per heavy atom. The second kappa shape index (κ2) is 10.1. The summed E-state index contributed by atoms with van der Waals surface area (Å²) in [7, 11) is 0. The maximum Gasteiger partial charge on any atom is 0.165 e. The Hall–Kier alpha value is -5.81. The number of hydrogen-bond donors (Lipinski definition) is 1. The minimum atomic E-state index is -0.0832. The zero-order valence-electron chi connectivity index (χ0n) is 25.6. The van der Waals surface area contributed by atoms with Crippen LogP contribution in [0.4, 0.5) is 0 Å². The molecule has 9 rings (SSSR count). The quantitative estimate of drug-likeness (QED) is 0.221. The van der Waals surface area contributed by atoms with Crippen LogP contribution in [0.5, 0.6) is 0 Å². The normalized spacial score (nSPS) is 16.2. The Labute approximate surface area is 267 Å². The lowest BCUT2D eigenvalue weighted by molar-refractivity contribution is 0.578. The van der Waals surface area contributed by atoms with Crippen LogP contribution in [0.25, 0.3) is 61.3 Å². The van der Waals surface area contributed by atoms with E-state index in [2.05, 4.69) is 96.5 Å². The molecule has 0 saturated carbocycles. The van der Waals surface area contributed by atoms with Crippen molar-refractivity contribution in [3.05, 3.63) is 157 Å². The molecule has 0 amide bonds. The molecule has 1 aliphatic carbocycles. The first-order valence-corrected chi connectivity index (χ1v) is 15.7. The number of aromatic nitrogens is 4. The molecule has 0 bridgehead atoms. The van der Waals surface area contributed by atoms with Crippen LogP contribution in [0, 0.1) is 0 Å². The van der Waals surface area contributed by atoms with E-state index < -0.39 is 0 Å². The summed E-state index contributed by atoms with van der Waals surface area (Å²) >= 11 is 0. The smallest absolute Gasteiger partial charge is 0.165 e. The van der Waals surface area contributed by atoms with Gasteiger partial charge in [0, 0.05) is 39.1 Å². The summed E-state index contributed by atoms with van der Waals surface area (Å²) in [6.45, 7) is 4.68. The van der Waals surface area contributed by atoms with Gasteiger partial charge in [0.05, 0.1) is 11.0 Å². The zero-order chi connectivity index (χ0) is 30.8. The highest BCUT2D eigenvalue weighted by Crippen LogP contribution is 2.51. The van der Waals surface area contributed by atoms with E-state index in [9.17, 15) is 0 Å². The van der Waals surface area contributed by atoms with E-state index in [4.69, 9.17) is 15.0 Å². The maximum absolute atomic E-state index is 4.93. The Kier molecular flexibility index (Phi) is 5.84. The number of fused-ring (bicyclic) bond motifs is 6. The maximum atomic E-state index is 4.93. The van der Waals surface area contributed by atoms with Gasteiger partial charge in [-0.2, -0.15) is 0 Å². The van der Waals surface area contributed by atoms with Gasteiger partial charge >= 0.3 is 0 Å². The van der Waals surface area contributed by atoms with E-state index in [1.54, 1.807) is 0 Å². The van der Waals surface area contributed by atoms with E-state index in [0.717, 1.165) is 16.7 Å². The molecule has 1 atom stereocenters. The van der Waals surface area contributed by atoms with Gasteiger partial charge in [0.2, 0.25) is 0 Å². The monoisotopic (exact) mass is 593 g/mol. The molecule has 46 heavy (non-hydrogen) atoms. The minimum absolute atomic E-state index is 0.0735. The van der Waals surface area contributed by atoms with Gasteiger partial charge in [-0.3, -0.25) is 0 Å². The predicted octanol–water partition coefficient (Wildman–Crippen LogP) is 9.32. The number of rotatable bonds is 4. The standard InChI is InChI=1S/C41H31N5/c1-41(2)33-19-11-9-17-29(33)31-23-32-30-18-10-12-20-35(30)46(36(32)24-34(31)41)37-22-21-28(25-42-37)40-44-38(26-13-5-3-6-14-26)43-39(45-40)27-15-7-4-8-16-27/h3-25,37,42H,1-2H3. The number of para-hydroxylation sites is 1. The van der Waals surface area contributed by atoms with E-state index in [1.807, 2.05) is 66.9 Å². The fourth-order valence-electron chi connectivity index (χ4n) is 7.20. The van der Waals surface area contributed by atoms with Crippen molar-refractivity contribution in [1.29, 1.82) is 0 Å². The molecule has 1 N–H and O–H groups in total. The van der Waals surface area contributed by atoms with Crippen LogP contribution in [0.1, 0.15) is 37.0 Å². The number of nitrogens with one attached hydrogen (secondary N) is 1. The molecule has 0 radical (unpaired) electrons. The van der Waals surface area contributed by atoms with Gasteiger partial charge in [-0.1, -0.05) is 117 Å². The molecule has 5 aromatic carbocycles. The van der Waals surface area contributed by atoms with E-state index >= 15 is 0 Å². The van der Waals surface area contributed by atoms with Crippen molar-refractivity contribution in [3.8, 4) is 33.9 Å². The summed E-state index contributed by atoms with van der Waals surface area (Å²) in [5.74, 6) is 1.94. The van der Waals surface area contributed by atoms with E-state index in [1.165, 1.54) is 44.1 Å². The van der Waals surface area contributed by atoms with Gasteiger partial charge < -0.3 is 9.88 Å². The highest BCUT2D eigenvalue weighted by molar-refractivity contribution is 6.10. The lowest BCUT2D eigenvalue weighted by Crippen LogP contribution is -2.23. The Morgan fingerprint density at radius 1 is 0.587 bits per heavy atom. The van der Waals surface area contributed by atoms with Gasteiger partial charge in [-0.05, 0) is 52.6 Å². The van der Waals surface area contributed by atoms with Crippen LogP contribution >= 0.6 is 0 Å². The Balaban J connectivity index is 1.15. The second-order valence-electron chi connectivity index (χ2n) is 12.6. The summed E-state index contributed by atoms with van der Waals surface area (Å²) in [6.07, 6.45) is 6.30. The molecule has 1 unspecified atom stereocenters.